The second-order valence-corrected chi connectivity index (χ2v) is 6.21. The van der Waals surface area contributed by atoms with Crippen molar-refractivity contribution in [3.63, 3.8) is 0 Å². The number of nitrogens with zero attached hydrogens (tertiary/aromatic N) is 1. The summed E-state index contributed by atoms with van der Waals surface area (Å²) in [5, 5.41) is 5.68. The number of imide groups is 1. The molecular weight excluding hydrogens is 354 g/mol. The van der Waals surface area contributed by atoms with Crippen LogP contribution in [-0.2, 0) is 20.9 Å². The van der Waals surface area contributed by atoms with Crippen molar-refractivity contribution in [1.29, 1.82) is 0 Å². The van der Waals surface area contributed by atoms with Crippen molar-refractivity contribution < 1.29 is 19.1 Å². The Labute approximate surface area is 149 Å². The van der Waals surface area contributed by atoms with Crippen LogP contribution >= 0.6 is 24.2 Å². The van der Waals surface area contributed by atoms with Crippen LogP contribution in [0.1, 0.15) is 5.56 Å². The Kier molecular flexibility index (Phi) is 6.61. The number of hydrogen-bond acceptors (Lipinski definition) is 6. The van der Waals surface area contributed by atoms with Crippen molar-refractivity contribution in [1.82, 2.24) is 10.2 Å². The number of anilines is 1. The van der Waals surface area contributed by atoms with E-state index in [-0.39, 0.29) is 41.8 Å². The van der Waals surface area contributed by atoms with Crippen LogP contribution in [0.2, 0.25) is 0 Å². The zero-order valence-electron chi connectivity index (χ0n) is 12.8. The highest BCUT2D eigenvalue weighted by molar-refractivity contribution is 8.14. The fourth-order valence-corrected chi connectivity index (χ4v) is 3.09. The van der Waals surface area contributed by atoms with Crippen LogP contribution in [-0.4, -0.2) is 53.5 Å². The minimum Gasteiger partial charge on any atom is -0.366 e. The van der Waals surface area contributed by atoms with Crippen molar-refractivity contribution in [3.05, 3.63) is 29.8 Å². The SMILES string of the molecule is Cl.O=C(Nc1ccc(CN2C(=O)CSC2=O)cc1)C1CNCCO1. The Balaban J connectivity index is 0.00000208. The van der Waals surface area contributed by atoms with E-state index in [1.807, 2.05) is 0 Å². The van der Waals surface area contributed by atoms with E-state index in [9.17, 15) is 14.4 Å². The van der Waals surface area contributed by atoms with Gasteiger partial charge in [-0.3, -0.25) is 19.3 Å². The summed E-state index contributed by atoms with van der Waals surface area (Å²) in [5.41, 5.74) is 1.49. The Hall–Kier alpha value is -1.61. The first-order valence-corrected chi connectivity index (χ1v) is 8.31. The van der Waals surface area contributed by atoms with Crippen LogP contribution in [0.25, 0.3) is 0 Å². The molecule has 2 heterocycles. The largest absolute Gasteiger partial charge is 0.366 e. The minimum atomic E-state index is -0.486. The average Bonchev–Trinajstić information content (AvgIpc) is 2.89. The monoisotopic (exact) mass is 371 g/mol. The Morgan fingerprint density at radius 2 is 2.08 bits per heavy atom. The summed E-state index contributed by atoms with van der Waals surface area (Å²) in [4.78, 5) is 36.4. The Bertz CT molecular complexity index is 604. The molecule has 2 aliphatic rings. The molecule has 0 spiro atoms. The maximum absolute atomic E-state index is 12.0. The molecule has 1 aromatic carbocycles. The molecule has 1 atom stereocenters. The Morgan fingerprint density at radius 1 is 1.33 bits per heavy atom. The molecule has 0 radical (unpaired) electrons. The first kappa shape index (κ1) is 18.7. The van der Waals surface area contributed by atoms with Crippen molar-refractivity contribution >= 4 is 46.9 Å². The number of carbonyl (C=O) groups is 3. The van der Waals surface area contributed by atoms with Crippen molar-refractivity contribution in [3.8, 4) is 0 Å². The lowest BCUT2D eigenvalue weighted by molar-refractivity contribution is -0.128. The van der Waals surface area contributed by atoms with E-state index >= 15 is 0 Å². The van der Waals surface area contributed by atoms with E-state index in [4.69, 9.17) is 4.74 Å². The third kappa shape index (κ3) is 4.47. The summed E-state index contributed by atoms with van der Waals surface area (Å²) >= 11 is 1.02. The lowest BCUT2D eigenvalue weighted by atomic mass is 10.2. The average molecular weight is 372 g/mol. The molecule has 3 amide bonds. The molecule has 0 bridgehead atoms. The highest BCUT2D eigenvalue weighted by Gasteiger charge is 2.29. The second kappa shape index (κ2) is 8.48. The first-order chi connectivity index (χ1) is 11.1. The topological polar surface area (TPSA) is 87.7 Å². The lowest BCUT2D eigenvalue weighted by Crippen LogP contribution is -2.45. The molecular formula is C15H18ClN3O4S. The van der Waals surface area contributed by atoms with E-state index < -0.39 is 6.10 Å². The molecule has 3 rings (SSSR count). The zero-order valence-corrected chi connectivity index (χ0v) is 14.5. The molecule has 7 nitrogen and oxygen atoms in total. The van der Waals surface area contributed by atoms with Crippen LogP contribution < -0.4 is 10.6 Å². The third-order valence-corrected chi connectivity index (χ3v) is 4.48. The fraction of sp³-hybridized carbons (Fsp3) is 0.400. The summed E-state index contributed by atoms with van der Waals surface area (Å²) < 4.78 is 5.39. The van der Waals surface area contributed by atoms with Gasteiger partial charge < -0.3 is 15.4 Å². The second-order valence-electron chi connectivity index (χ2n) is 5.28. The molecule has 0 aliphatic carbocycles. The van der Waals surface area contributed by atoms with Crippen molar-refractivity contribution in [2.24, 2.45) is 0 Å². The van der Waals surface area contributed by atoms with Gasteiger partial charge in [0.2, 0.25) is 5.91 Å². The maximum Gasteiger partial charge on any atom is 0.289 e. The van der Waals surface area contributed by atoms with Gasteiger partial charge in [-0.05, 0) is 17.7 Å². The van der Waals surface area contributed by atoms with E-state index in [0.29, 0.717) is 18.8 Å². The summed E-state index contributed by atoms with van der Waals surface area (Å²) in [6.45, 7) is 2.03. The lowest BCUT2D eigenvalue weighted by Gasteiger charge is -2.22. The van der Waals surface area contributed by atoms with Crippen LogP contribution in [0, 0.1) is 0 Å². The maximum atomic E-state index is 12.0. The summed E-state index contributed by atoms with van der Waals surface area (Å²) in [7, 11) is 0. The van der Waals surface area contributed by atoms with E-state index in [1.54, 1.807) is 24.3 Å². The quantitative estimate of drug-likeness (QED) is 0.827. The molecule has 2 N–H and O–H groups in total. The number of benzene rings is 1. The zero-order chi connectivity index (χ0) is 16.2. The van der Waals surface area contributed by atoms with Gasteiger partial charge in [-0.25, -0.2) is 0 Å². The predicted octanol–water partition coefficient (Wildman–Crippen LogP) is 1.23. The molecule has 1 unspecified atom stereocenters. The van der Waals surface area contributed by atoms with E-state index in [1.165, 1.54) is 4.90 Å². The first-order valence-electron chi connectivity index (χ1n) is 7.33. The van der Waals surface area contributed by atoms with Crippen molar-refractivity contribution in [2.75, 3.05) is 30.8 Å². The van der Waals surface area contributed by atoms with E-state index in [2.05, 4.69) is 10.6 Å². The number of rotatable bonds is 4. The number of morpholine rings is 1. The molecule has 130 valence electrons. The normalized spacial score (nSPS) is 20.7. The predicted molar refractivity (Wildman–Crippen MR) is 93.3 cm³/mol. The summed E-state index contributed by atoms with van der Waals surface area (Å²) in [6, 6.07) is 7.08. The van der Waals surface area contributed by atoms with Gasteiger partial charge in [0.05, 0.1) is 18.9 Å². The number of nitrogens with one attached hydrogen (secondary N) is 2. The minimum absolute atomic E-state index is 0. The molecule has 9 heteroatoms. The standard InChI is InChI=1S/C15H17N3O4S.ClH/c19-13-9-23-15(21)18(13)8-10-1-3-11(4-2-10)17-14(20)12-7-16-5-6-22-12;/h1-4,12,16H,5-9H2,(H,17,20);1H. The van der Waals surface area contributed by atoms with Gasteiger partial charge in [0.15, 0.2) is 0 Å². The summed E-state index contributed by atoms with van der Waals surface area (Å²) in [6.07, 6.45) is -0.486. The Morgan fingerprint density at radius 3 is 2.67 bits per heavy atom. The molecule has 2 aliphatic heterocycles. The number of ether oxygens (including phenoxy) is 1. The van der Waals surface area contributed by atoms with Crippen molar-refractivity contribution in [2.45, 2.75) is 12.6 Å². The van der Waals surface area contributed by atoms with Gasteiger partial charge in [-0.1, -0.05) is 23.9 Å². The van der Waals surface area contributed by atoms with Crippen LogP contribution in [0.15, 0.2) is 24.3 Å². The smallest absolute Gasteiger partial charge is 0.289 e. The van der Waals surface area contributed by atoms with Gasteiger partial charge in [-0.2, -0.15) is 0 Å². The van der Waals surface area contributed by atoms with Gasteiger partial charge in [0.25, 0.3) is 11.1 Å². The van der Waals surface area contributed by atoms with Crippen LogP contribution in [0.3, 0.4) is 0 Å². The number of carbonyl (C=O) groups excluding carboxylic acids is 3. The number of halogens is 1. The molecule has 2 fully saturated rings. The van der Waals surface area contributed by atoms with Crippen LogP contribution in [0.5, 0.6) is 0 Å². The number of thioether (sulfide) groups is 1. The molecule has 24 heavy (non-hydrogen) atoms. The number of amides is 3. The van der Waals surface area contributed by atoms with Gasteiger partial charge in [0.1, 0.15) is 6.10 Å². The molecule has 0 aromatic heterocycles. The molecule has 2 saturated heterocycles. The van der Waals surface area contributed by atoms with Gasteiger partial charge in [0, 0.05) is 18.8 Å². The fourth-order valence-electron chi connectivity index (χ4n) is 2.37. The molecule has 1 aromatic rings. The van der Waals surface area contributed by atoms with E-state index in [0.717, 1.165) is 23.9 Å². The number of hydrogen-bond donors (Lipinski definition) is 2. The highest BCUT2D eigenvalue weighted by atomic mass is 35.5. The third-order valence-electron chi connectivity index (χ3n) is 3.62. The molecule has 0 saturated carbocycles. The summed E-state index contributed by atoms with van der Waals surface area (Å²) in [5.74, 6) is -0.145. The highest BCUT2D eigenvalue weighted by Crippen LogP contribution is 2.21. The van der Waals surface area contributed by atoms with Gasteiger partial charge >= 0.3 is 0 Å². The van der Waals surface area contributed by atoms with Crippen LogP contribution in [0.4, 0.5) is 10.5 Å². The van der Waals surface area contributed by atoms with Gasteiger partial charge in [-0.15, -0.1) is 12.4 Å².